The van der Waals surface area contributed by atoms with Crippen LogP contribution in [0.2, 0.25) is 0 Å². The minimum absolute atomic E-state index is 0.470. The maximum Gasteiger partial charge on any atom is 0.128 e. The van der Waals surface area contributed by atoms with Gasteiger partial charge in [0.15, 0.2) is 0 Å². The van der Waals surface area contributed by atoms with Gasteiger partial charge in [-0.05, 0) is 18.5 Å². The summed E-state index contributed by atoms with van der Waals surface area (Å²) in [7, 11) is 0. The number of rotatable bonds is 3. The molecule has 3 nitrogen and oxygen atoms in total. The summed E-state index contributed by atoms with van der Waals surface area (Å²) in [4.78, 5) is 8.20. The zero-order chi connectivity index (χ0) is 8.10. The lowest BCUT2D eigenvalue weighted by molar-refractivity contribution is 0.573. The fourth-order valence-electron chi connectivity index (χ4n) is 0.830. The van der Waals surface area contributed by atoms with Crippen molar-refractivity contribution in [2.24, 2.45) is 11.7 Å². The summed E-state index contributed by atoms with van der Waals surface area (Å²) in [5, 5.41) is 0. The van der Waals surface area contributed by atoms with Crippen LogP contribution >= 0.6 is 0 Å². The molecule has 0 aliphatic carbocycles. The van der Waals surface area contributed by atoms with E-state index in [1.807, 2.05) is 6.07 Å². The van der Waals surface area contributed by atoms with E-state index in [0.717, 1.165) is 12.2 Å². The van der Waals surface area contributed by atoms with Crippen LogP contribution in [-0.2, 0) is 6.42 Å². The molecule has 11 heavy (non-hydrogen) atoms. The van der Waals surface area contributed by atoms with Crippen LogP contribution in [0.15, 0.2) is 18.5 Å². The Labute approximate surface area is 66.7 Å². The summed E-state index contributed by atoms with van der Waals surface area (Å²) in [5.74, 6) is 1.35. The van der Waals surface area contributed by atoms with Crippen LogP contribution in [0.4, 0.5) is 0 Å². The van der Waals surface area contributed by atoms with Crippen LogP contribution in [-0.4, -0.2) is 16.5 Å². The Morgan fingerprint density at radius 2 is 2.09 bits per heavy atom. The van der Waals surface area contributed by atoms with E-state index in [1.165, 1.54) is 0 Å². The summed E-state index contributed by atoms with van der Waals surface area (Å²) >= 11 is 0. The normalized spacial score (nSPS) is 12.9. The Morgan fingerprint density at radius 3 is 2.64 bits per heavy atom. The molecule has 3 heteroatoms. The topological polar surface area (TPSA) is 51.8 Å². The van der Waals surface area contributed by atoms with Gasteiger partial charge in [-0.25, -0.2) is 9.97 Å². The van der Waals surface area contributed by atoms with E-state index in [1.54, 1.807) is 12.4 Å². The fourth-order valence-corrected chi connectivity index (χ4v) is 0.830. The number of nitrogens with two attached hydrogens (primary N) is 1. The van der Waals surface area contributed by atoms with E-state index in [0.29, 0.717) is 12.5 Å². The lowest BCUT2D eigenvalue weighted by Gasteiger charge is -2.04. The van der Waals surface area contributed by atoms with E-state index in [-0.39, 0.29) is 0 Å². The number of hydrogen-bond donors (Lipinski definition) is 1. The molecule has 0 amide bonds. The molecular formula is C8H13N3. The third-order valence-electron chi connectivity index (χ3n) is 1.55. The first-order valence-corrected chi connectivity index (χ1v) is 3.79. The zero-order valence-corrected chi connectivity index (χ0v) is 6.70. The van der Waals surface area contributed by atoms with Gasteiger partial charge < -0.3 is 5.73 Å². The molecule has 0 aromatic carbocycles. The minimum atomic E-state index is 0.470. The highest BCUT2D eigenvalue weighted by molar-refractivity contribution is 4.89. The largest absolute Gasteiger partial charge is 0.330 e. The average Bonchev–Trinajstić information content (AvgIpc) is 2.06. The predicted octanol–water partition coefficient (Wildman–Crippen LogP) is 0.614. The first kappa shape index (κ1) is 8.14. The van der Waals surface area contributed by atoms with Gasteiger partial charge >= 0.3 is 0 Å². The van der Waals surface area contributed by atoms with Gasteiger partial charge in [-0.3, -0.25) is 0 Å². The Hall–Kier alpha value is -0.960. The molecule has 1 rings (SSSR count). The van der Waals surface area contributed by atoms with Crippen LogP contribution in [0.25, 0.3) is 0 Å². The fraction of sp³-hybridized carbons (Fsp3) is 0.500. The van der Waals surface area contributed by atoms with Gasteiger partial charge in [-0.15, -0.1) is 0 Å². The third-order valence-corrected chi connectivity index (χ3v) is 1.55. The van der Waals surface area contributed by atoms with Crippen molar-refractivity contribution in [1.82, 2.24) is 9.97 Å². The minimum Gasteiger partial charge on any atom is -0.330 e. The Morgan fingerprint density at radius 1 is 1.45 bits per heavy atom. The van der Waals surface area contributed by atoms with E-state index in [4.69, 9.17) is 5.73 Å². The molecule has 1 heterocycles. The molecule has 1 atom stereocenters. The molecule has 1 aromatic rings. The van der Waals surface area contributed by atoms with Crippen molar-refractivity contribution in [2.75, 3.05) is 6.54 Å². The van der Waals surface area contributed by atoms with Crippen molar-refractivity contribution in [3.8, 4) is 0 Å². The SMILES string of the molecule is CC(CN)Cc1ncccn1. The molecule has 2 N–H and O–H groups in total. The van der Waals surface area contributed by atoms with Crippen LogP contribution < -0.4 is 5.73 Å². The van der Waals surface area contributed by atoms with Crippen LogP contribution in [0.1, 0.15) is 12.7 Å². The number of aromatic nitrogens is 2. The Balaban J connectivity index is 2.51. The van der Waals surface area contributed by atoms with Crippen molar-refractivity contribution in [2.45, 2.75) is 13.3 Å². The molecule has 0 saturated carbocycles. The van der Waals surface area contributed by atoms with Gasteiger partial charge in [-0.2, -0.15) is 0 Å². The summed E-state index contributed by atoms with van der Waals surface area (Å²) in [6.07, 6.45) is 4.38. The highest BCUT2D eigenvalue weighted by Crippen LogP contribution is 1.99. The average molecular weight is 151 g/mol. The summed E-state index contributed by atoms with van der Waals surface area (Å²) in [6.45, 7) is 2.79. The van der Waals surface area contributed by atoms with E-state index >= 15 is 0 Å². The second-order valence-corrected chi connectivity index (χ2v) is 2.71. The van der Waals surface area contributed by atoms with Crippen LogP contribution in [0.5, 0.6) is 0 Å². The number of nitrogens with zero attached hydrogens (tertiary/aromatic N) is 2. The smallest absolute Gasteiger partial charge is 0.128 e. The maximum atomic E-state index is 5.46. The van der Waals surface area contributed by atoms with Crippen molar-refractivity contribution >= 4 is 0 Å². The van der Waals surface area contributed by atoms with Gasteiger partial charge in [0, 0.05) is 18.8 Å². The Bertz CT molecular complexity index is 198. The van der Waals surface area contributed by atoms with Crippen LogP contribution in [0.3, 0.4) is 0 Å². The molecule has 0 spiro atoms. The molecule has 0 fully saturated rings. The highest BCUT2D eigenvalue weighted by atomic mass is 14.8. The molecule has 0 radical (unpaired) electrons. The quantitative estimate of drug-likeness (QED) is 0.688. The second kappa shape index (κ2) is 4.03. The number of hydrogen-bond acceptors (Lipinski definition) is 3. The van der Waals surface area contributed by atoms with E-state index in [2.05, 4.69) is 16.9 Å². The third kappa shape index (κ3) is 2.63. The first-order valence-electron chi connectivity index (χ1n) is 3.79. The lowest BCUT2D eigenvalue weighted by atomic mass is 10.1. The van der Waals surface area contributed by atoms with Crippen molar-refractivity contribution < 1.29 is 0 Å². The molecular weight excluding hydrogens is 138 g/mol. The lowest BCUT2D eigenvalue weighted by Crippen LogP contribution is -2.14. The molecule has 0 saturated heterocycles. The van der Waals surface area contributed by atoms with E-state index < -0.39 is 0 Å². The molecule has 60 valence electrons. The first-order chi connectivity index (χ1) is 5.33. The van der Waals surface area contributed by atoms with Crippen molar-refractivity contribution in [3.05, 3.63) is 24.3 Å². The summed E-state index contributed by atoms with van der Waals surface area (Å²) < 4.78 is 0. The predicted molar refractivity (Wildman–Crippen MR) is 44.0 cm³/mol. The molecule has 0 aliphatic heterocycles. The zero-order valence-electron chi connectivity index (χ0n) is 6.70. The Kier molecular flexibility index (Phi) is 2.98. The van der Waals surface area contributed by atoms with Crippen molar-refractivity contribution in [3.63, 3.8) is 0 Å². The molecule has 0 bridgehead atoms. The van der Waals surface area contributed by atoms with Crippen LogP contribution in [0, 0.1) is 5.92 Å². The van der Waals surface area contributed by atoms with Gasteiger partial charge in [0.05, 0.1) is 0 Å². The molecule has 1 unspecified atom stereocenters. The summed E-state index contributed by atoms with van der Waals surface area (Å²) in [5.41, 5.74) is 5.46. The monoisotopic (exact) mass is 151 g/mol. The van der Waals surface area contributed by atoms with Gasteiger partial charge in [0.2, 0.25) is 0 Å². The highest BCUT2D eigenvalue weighted by Gasteiger charge is 2.01. The van der Waals surface area contributed by atoms with Gasteiger partial charge in [0.1, 0.15) is 5.82 Å². The standard InChI is InChI=1S/C8H13N3/c1-7(6-9)5-8-10-3-2-4-11-8/h2-4,7H,5-6,9H2,1H3. The van der Waals surface area contributed by atoms with Crippen molar-refractivity contribution in [1.29, 1.82) is 0 Å². The maximum absolute atomic E-state index is 5.46. The molecule has 1 aromatic heterocycles. The van der Waals surface area contributed by atoms with Gasteiger partial charge in [-0.1, -0.05) is 6.92 Å². The van der Waals surface area contributed by atoms with Gasteiger partial charge in [0.25, 0.3) is 0 Å². The van der Waals surface area contributed by atoms with E-state index in [9.17, 15) is 0 Å². The summed E-state index contributed by atoms with van der Waals surface area (Å²) in [6, 6.07) is 1.82. The molecule has 0 aliphatic rings. The second-order valence-electron chi connectivity index (χ2n) is 2.71.